The van der Waals surface area contributed by atoms with E-state index < -0.39 is 0 Å². The highest BCUT2D eigenvalue weighted by Crippen LogP contribution is 2.18. The highest BCUT2D eigenvalue weighted by molar-refractivity contribution is 9.10. The molecule has 0 saturated carbocycles. The van der Waals surface area contributed by atoms with E-state index in [0.717, 1.165) is 15.7 Å². The summed E-state index contributed by atoms with van der Waals surface area (Å²) < 4.78 is 7.11. The molecule has 2 heterocycles. The summed E-state index contributed by atoms with van der Waals surface area (Å²) in [7, 11) is 2.11. The zero-order valence-electron chi connectivity index (χ0n) is 9.23. The maximum absolute atomic E-state index is 11.2. The summed E-state index contributed by atoms with van der Waals surface area (Å²) in [6.45, 7) is 1.78. The first kappa shape index (κ1) is 11.7. The van der Waals surface area contributed by atoms with Gasteiger partial charge in [0.2, 0.25) is 6.20 Å². The van der Waals surface area contributed by atoms with Crippen molar-refractivity contribution < 1.29 is 9.47 Å². The summed E-state index contributed by atoms with van der Waals surface area (Å²) >= 11 is 3.27. The zero-order valence-corrected chi connectivity index (χ0v) is 10.8. The highest BCUT2D eigenvalue weighted by Gasteiger charge is 2.21. The minimum Gasteiger partial charge on any atom is -0.619 e. The molecule has 0 radical (unpaired) electrons. The molecule has 1 saturated heterocycles. The average molecular weight is 287 g/mol. The van der Waals surface area contributed by atoms with Gasteiger partial charge in [-0.15, -0.1) is 0 Å². The van der Waals surface area contributed by atoms with Gasteiger partial charge in [0, 0.05) is 12.1 Å². The maximum atomic E-state index is 11.2. The second-order valence-corrected chi connectivity index (χ2v) is 5.05. The molecule has 1 aromatic rings. The molecule has 1 fully saturated rings. The van der Waals surface area contributed by atoms with Gasteiger partial charge < -0.3 is 14.8 Å². The van der Waals surface area contributed by atoms with Crippen LogP contribution in [0.3, 0.4) is 0 Å². The Bertz CT molecular complexity index is 353. The van der Waals surface area contributed by atoms with Gasteiger partial charge in [0.15, 0.2) is 11.9 Å². The third-order valence-corrected chi connectivity index (χ3v) is 3.33. The molecule has 88 valence electrons. The fourth-order valence-electron chi connectivity index (χ4n) is 1.96. The van der Waals surface area contributed by atoms with Crippen LogP contribution in [0.4, 0.5) is 0 Å². The van der Waals surface area contributed by atoms with E-state index in [4.69, 9.17) is 4.74 Å². The van der Waals surface area contributed by atoms with Crippen LogP contribution in [0.25, 0.3) is 0 Å². The molecule has 2 rings (SSSR count). The van der Waals surface area contributed by atoms with Crippen LogP contribution in [-0.2, 0) is 0 Å². The molecule has 1 aliphatic rings. The van der Waals surface area contributed by atoms with Gasteiger partial charge >= 0.3 is 0 Å². The lowest BCUT2D eigenvalue weighted by molar-refractivity contribution is -0.606. The summed E-state index contributed by atoms with van der Waals surface area (Å²) in [5.41, 5.74) is 0. The number of rotatable bonds is 3. The predicted molar refractivity (Wildman–Crippen MR) is 64.2 cm³/mol. The van der Waals surface area contributed by atoms with Crippen LogP contribution >= 0.6 is 15.9 Å². The third kappa shape index (κ3) is 2.86. The van der Waals surface area contributed by atoms with Gasteiger partial charge in [-0.25, -0.2) is 0 Å². The van der Waals surface area contributed by atoms with E-state index in [2.05, 4.69) is 27.9 Å². The number of hydrogen-bond donors (Lipinski definition) is 0. The Morgan fingerprint density at radius 3 is 3.06 bits per heavy atom. The first-order valence-electron chi connectivity index (χ1n) is 5.37. The summed E-state index contributed by atoms with van der Waals surface area (Å²) in [6.07, 6.45) is 5.29. The van der Waals surface area contributed by atoms with E-state index in [9.17, 15) is 5.21 Å². The first-order valence-corrected chi connectivity index (χ1v) is 6.17. The maximum Gasteiger partial charge on any atom is 0.222 e. The molecular weight excluding hydrogens is 272 g/mol. The molecule has 1 atom stereocenters. The lowest BCUT2D eigenvalue weighted by atomic mass is 10.2. The number of halogens is 1. The van der Waals surface area contributed by atoms with Crippen molar-refractivity contribution in [3.8, 4) is 5.75 Å². The monoisotopic (exact) mass is 286 g/mol. The molecular formula is C11H15BrN2O2. The number of nitrogens with zero attached hydrogens (tertiary/aromatic N) is 2. The highest BCUT2D eigenvalue weighted by atomic mass is 79.9. The fourth-order valence-corrected chi connectivity index (χ4v) is 2.38. The van der Waals surface area contributed by atoms with Crippen molar-refractivity contribution in [3.63, 3.8) is 0 Å². The van der Waals surface area contributed by atoms with Gasteiger partial charge in [0.1, 0.15) is 6.61 Å². The number of pyridine rings is 1. The van der Waals surface area contributed by atoms with Crippen molar-refractivity contribution >= 4 is 15.9 Å². The number of likely N-dealkylation sites (tertiary alicyclic amines) is 1. The lowest BCUT2D eigenvalue weighted by Crippen LogP contribution is -2.31. The molecule has 1 aliphatic heterocycles. The van der Waals surface area contributed by atoms with Crippen molar-refractivity contribution in [1.29, 1.82) is 0 Å². The Hall–Kier alpha value is -0.810. The Morgan fingerprint density at radius 2 is 2.44 bits per heavy atom. The Balaban J connectivity index is 1.94. The standard InChI is InChI=1S/C11H15BrN2O2/c1-13-4-2-3-10(13)8-16-11-5-9(12)6-14(15)7-11/h5-7,10H,2-4,8H2,1H3/t10-/m0/s1. The molecule has 0 amide bonds. The molecule has 4 nitrogen and oxygen atoms in total. The van der Waals surface area contributed by atoms with Crippen LogP contribution in [0, 0.1) is 5.21 Å². The quantitative estimate of drug-likeness (QED) is 0.625. The number of aromatic nitrogens is 1. The van der Waals surface area contributed by atoms with Gasteiger partial charge in [-0.3, -0.25) is 0 Å². The molecule has 16 heavy (non-hydrogen) atoms. The van der Waals surface area contributed by atoms with Crippen LogP contribution in [0.5, 0.6) is 5.75 Å². The minimum atomic E-state index is 0.471. The van der Waals surface area contributed by atoms with Crippen LogP contribution in [0.15, 0.2) is 22.9 Å². The molecule has 0 bridgehead atoms. The molecule has 0 spiro atoms. The first-order chi connectivity index (χ1) is 7.65. The smallest absolute Gasteiger partial charge is 0.222 e. The Kier molecular flexibility index (Phi) is 3.66. The van der Waals surface area contributed by atoms with Crippen LogP contribution in [0.2, 0.25) is 0 Å². The summed E-state index contributed by atoms with van der Waals surface area (Å²) in [5, 5.41) is 11.2. The minimum absolute atomic E-state index is 0.471. The number of likely N-dealkylation sites (N-methyl/N-ethyl adjacent to an activating group) is 1. The topological polar surface area (TPSA) is 39.4 Å². The second-order valence-electron chi connectivity index (χ2n) is 4.14. The van der Waals surface area contributed by atoms with Crippen molar-refractivity contribution in [2.75, 3.05) is 20.2 Å². The predicted octanol–water partition coefficient (Wildman–Crippen LogP) is 1.56. The van der Waals surface area contributed by atoms with Gasteiger partial charge in [-0.2, -0.15) is 4.73 Å². The fraction of sp³-hybridized carbons (Fsp3) is 0.545. The summed E-state index contributed by atoms with van der Waals surface area (Å²) in [6, 6.07) is 2.28. The largest absolute Gasteiger partial charge is 0.619 e. The van der Waals surface area contributed by atoms with E-state index in [1.165, 1.54) is 25.2 Å². The van der Waals surface area contributed by atoms with Gasteiger partial charge in [0.05, 0.1) is 4.47 Å². The lowest BCUT2D eigenvalue weighted by Gasteiger charge is -2.19. The third-order valence-electron chi connectivity index (χ3n) is 2.90. The van der Waals surface area contributed by atoms with E-state index in [1.807, 2.05) is 6.07 Å². The SMILES string of the molecule is CN1CCC[C@H]1COc1cc(Br)c[n+]([O-])c1. The van der Waals surface area contributed by atoms with Crippen LogP contribution in [-0.4, -0.2) is 31.1 Å². The summed E-state index contributed by atoms with van der Waals surface area (Å²) in [4.78, 5) is 2.29. The van der Waals surface area contributed by atoms with Crippen molar-refractivity contribution in [2.24, 2.45) is 0 Å². The van der Waals surface area contributed by atoms with Crippen molar-refractivity contribution in [2.45, 2.75) is 18.9 Å². The van der Waals surface area contributed by atoms with Crippen LogP contribution in [0.1, 0.15) is 12.8 Å². The zero-order chi connectivity index (χ0) is 11.5. The summed E-state index contributed by atoms with van der Waals surface area (Å²) in [5.74, 6) is 0.615. The van der Waals surface area contributed by atoms with Crippen molar-refractivity contribution in [3.05, 3.63) is 28.1 Å². The van der Waals surface area contributed by atoms with E-state index in [-0.39, 0.29) is 0 Å². The molecule has 1 aromatic heterocycles. The molecule has 0 aromatic carbocycles. The number of hydrogen-bond acceptors (Lipinski definition) is 3. The van der Waals surface area contributed by atoms with Gasteiger partial charge in [-0.1, -0.05) is 0 Å². The van der Waals surface area contributed by atoms with Crippen molar-refractivity contribution in [1.82, 2.24) is 4.90 Å². The van der Waals surface area contributed by atoms with E-state index in [0.29, 0.717) is 18.4 Å². The normalized spacial score (nSPS) is 21.2. The Labute approximate surface area is 104 Å². The molecule has 5 heteroatoms. The van der Waals surface area contributed by atoms with Gasteiger partial charge in [0.25, 0.3) is 0 Å². The Morgan fingerprint density at radius 1 is 1.62 bits per heavy atom. The average Bonchev–Trinajstić information content (AvgIpc) is 2.59. The molecule has 0 N–H and O–H groups in total. The molecule has 0 aliphatic carbocycles. The van der Waals surface area contributed by atoms with Crippen LogP contribution < -0.4 is 9.47 Å². The number of ether oxygens (including phenoxy) is 1. The molecule has 0 unspecified atom stereocenters. The van der Waals surface area contributed by atoms with E-state index in [1.54, 1.807) is 0 Å². The van der Waals surface area contributed by atoms with E-state index >= 15 is 0 Å². The van der Waals surface area contributed by atoms with Gasteiger partial charge in [-0.05, 0) is 42.4 Å². The second kappa shape index (κ2) is 5.01.